The highest BCUT2D eigenvalue weighted by molar-refractivity contribution is 5.99. The van der Waals surface area contributed by atoms with E-state index in [0.717, 1.165) is 11.1 Å². The van der Waals surface area contributed by atoms with Crippen LogP contribution >= 0.6 is 0 Å². The third-order valence-corrected chi connectivity index (χ3v) is 2.96. The van der Waals surface area contributed by atoms with E-state index in [2.05, 4.69) is 11.4 Å². The van der Waals surface area contributed by atoms with Crippen molar-refractivity contribution in [2.75, 3.05) is 5.73 Å². The number of nitriles is 1. The third kappa shape index (κ3) is 3.15. The number of anilines is 1. The summed E-state index contributed by atoms with van der Waals surface area (Å²) in [5.74, 6) is -0.214. The quantitative estimate of drug-likeness (QED) is 0.836. The first-order valence-electron chi connectivity index (χ1n) is 6.23. The van der Waals surface area contributed by atoms with Crippen LogP contribution in [0, 0.1) is 18.3 Å². The van der Waals surface area contributed by atoms with Gasteiger partial charge >= 0.3 is 0 Å². The molecule has 0 heterocycles. The van der Waals surface area contributed by atoms with Crippen LogP contribution in [0.1, 0.15) is 27.0 Å². The van der Waals surface area contributed by atoms with E-state index >= 15 is 0 Å². The molecule has 0 atom stereocenters. The molecular weight excluding hydrogens is 250 g/mol. The second-order valence-corrected chi connectivity index (χ2v) is 4.59. The minimum Gasteiger partial charge on any atom is -0.398 e. The summed E-state index contributed by atoms with van der Waals surface area (Å²) in [5, 5.41) is 11.6. The zero-order valence-electron chi connectivity index (χ0n) is 11.2. The van der Waals surface area contributed by atoms with Crippen LogP contribution in [-0.4, -0.2) is 5.91 Å². The van der Waals surface area contributed by atoms with Crippen molar-refractivity contribution in [3.05, 3.63) is 64.7 Å². The van der Waals surface area contributed by atoms with Gasteiger partial charge in [0.25, 0.3) is 5.91 Å². The molecule has 0 spiro atoms. The van der Waals surface area contributed by atoms with Crippen molar-refractivity contribution in [3.63, 3.8) is 0 Å². The van der Waals surface area contributed by atoms with E-state index in [-0.39, 0.29) is 5.91 Å². The first-order chi connectivity index (χ1) is 9.60. The lowest BCUT2D eigenvalue weighted by Gasteiger charge is -2.08. The van der Waals surface area contributed by atoms with Gasteiger partial charge in [-0.3, -0.25) is 4.79 Å². The SMILES string of the molecule is Cc1ccc(N)c(C(=O)NCc2cccc(C#N)c2)c1. The van der Waals surface area contributed by atoms with Gasteiger partial charge in [-0.2, -0.15) is 5.26 Å². The molecule has 1 amide bonds. The van der Waals surface area contributed by atoms with Gasteiger partial charge in [0, 0.05) is 12.2 Å². The van der Waals surface area contributed by atoms with E-state index in [9.17, 15) is 4.79 Å². The van der Waals surface area contributed by atoms with Crippen LogP contribution in [0.5, 0.6) is 0 Å². The van der Waals surface area contributed by atoms with Crippen LogP contribution in [0.3, 0.4) is 0 Å². The second-order valence-electron chi connectivity index (χ2n) is 4.59. The number of aryl methyl sites for hydroxylation is 1. The lowest BCUT2D eigenvalue weighted by Crippen LogP contribution is -2.23. The largest absolute Gasteiger partial charge is 0.398 e. The Morgan fingerprint density at radius 2 is 2.10 bits per heavy atom. The van der Waals surface area contributed by atoms with E-state index in [1.54, 1.807) is 30.3 Å². The van der Waals surface area contributed by atoms with Gasteiger partial charge in [-0.1, -0.05) is 23.8 Å². The summed E-state index contributed by atoms with van der Waals surface area (Å²) in [6.45, 7) is 2.27. The van der Waals surface area contributed by atoms with Crippen molar-refractivity contribution in [1.82, 2.24) is 5.32 Å². The molecule has 4 heteroatoms. The maximum Gasteiger partial charge on any atom is 0.253 e. The molecule has 2 aromatic rings. The molecule has 20 heavy (non-hydrogen) atoms. The van der Waals surface area contributed by atoms with Crippen LogP contribution in [-0.2, 0) is 6.54 Å². The van der Waals surface area contributed by atoms with Gasteiger partial charge in [0.05, 0.1) is 17.2 Å². The second kappa shape index (κ2) is 5.89. The van der Waals surface area contributed by atoms with Crippen LogP contribution in [0.4, 0.5) is 5.69 Å². The molecule has 0 aliphatic heterocycles. The summed E-state index contributed by atoms with van der Waals surface area (Å²) in [6, 6.07) is 14.5. The molecule has 0 unspecified atom stereocenters. The molecule has 0 bridgehead atoms. The zero-order chi connectivity index (χ0) is 14.5. The van der Waals surface area contributed by atoms with Gasteiger partial charge < -0.3 is 11.1 Å². The van der Waals surface area contributed by atoms with Crippen LogP contribution in [0.15, 0.2) is 42.5 Å². The zero-order valence-corrected chi connectivity index (χ0v) is 11.2. The number of amides is 1. The molecule has 0 saturated carbocycles. The first kappa shape index (κ1) is 13.6. The van der Waals surface area contributed by atoms with Crippen molar-refractivity contribution in [1.29, 1.82) is 5.26 Å². The monoisotopic (exact) mass is 265 g/mol. The smallest absolute Gasteiger partial charge is 0.253 e. The Morgan fingerprint density at radius 1 is 1.30 bits per heavy atom. The summed E-state index contributed by atoms with van der Waals surface area (Å²) >= 11 is 0. The number of hydrogen-bond donors (Lipinski definition) is 2. The summed E-state index contributed by atoms with van der Waals surface area (Å²) in [5.41, 5.74) is 9.17. The van der Waals surface area contributed by atoms with Crippen LogP contribution in [0.25, 0.3) is 0 Å². The molecule has 0 saturated heterocycles. The molecule has 0 aliphatic carbocycles. The maximum absolute atomic E-state index is 12.1. The minimum absolute atomic E-state index is 0.214. The fourth-order valence-electron chi connectivity index (χ4n) is 1.90. The molecule has 0 aliphatic rings. The number of carbonyl (C=O) groups is 1. The van der Waals surface area contributed by atoms with Crippen molar-refractivity contribution in [3.8, 4) is 6.07 Å². The van der Waals surface area contributed by atoms with E-state index < -0.39 is 0 Å². The lowest BCUT2D eigenvalue weighted by atomic mass is 10.1. The molecule has 2 aromatic carbocycles. The van der Waals surface area contributed by atoms with E-state index in [1.807, 2.05) is 19.1 Å². The van der Waals surface area contributed by atoms with E-state index in [1.165, 1.54) is 0 Å². The standard InChI is InChI=1S/C16H15N3O/c1-11-5-6-15(18)14(7-11)16(20)19-10-13-4-2-3-12(8-13)9-17/h2-8H,10,18H2,1H3,(H,19,20). The summed E-state index contributed by atoms with van der Waals surface area (Å²) in [7, 11) is 0. The Morgan fingerprint density at radius 3 is 2.85 bits per heavy atom. The molecule has 0 aromatic heterocycles. The Kier molecular flexibility index (Phi) is 4.02. The topological polar surface area (TPSA) is 78.9 Å². The number of nitrogens with one attached hydrogen (secondary N) is 1. The Hall–Kier alpha value is -2.80. The number of rotatable bonds is 3. The van der Waals surface area contributed by atoms with E-state index in [0.29, 0.717) is 23.4 Å². The predicted molar refractivity (Wildman–Crippen MR) is 77.9 cm³/mol. The molecule has 4 nitrogen and oxygen atoms in total. The molecule has 100 valence electrons. The number of nitrogens with zero attached hydrogens (tertiary/aromatic N) is 1. The van der Waals surface area contributed by atoms with Gasteiger partial charge in [0.2, 0.25) is 0 Å². The summed E-state index contributed by atoms with van der Waals surface area (Å²) < 4.78 is 0. The van der Waals surface area contributed by atoms with Gasteiger partial charge in [-0.05, 0) is 36.8 Å². The Balaban J connectivity index is 2.09. The number of hydrogen-bond acceptors (Lipinski definition) is 3. The van der Waals surface area contributed by atoms with Crippen LogP contribution < -0.4 is 11.1 Å². The highest BCUT2D eigenvalue weighted by atomic mass is 16.1. The molecule has 2 rings (SSSR count). The Labute approximate surface area is 117 Å². The molecular formula is C16H15N3O. The number of nitrogens with two attached hydrogens (primary N) is 1. The predicted octanol–water partition coefficient (Wildman–Crippen LogP) is 2.38. The Bertz CT molecular complexity index is 686. The van der Waals surface area contributed by atoms with Gasteiger partial charge in [0.1, 0.15) is 0 Å². The lowest BCUT2D eigenvalue weighted by molar-refractivity contribution is 0.0951. The summed E-state index contributed by atoms with van der Waals surface area (Å²) in [4.78, 5) is 12.1. The third-order valence-electron chi connectivity index (χ3n) is 2.96. The summed E-state index contributed by atoms with van der Waals surface area (Å²) in [6.07, 6.45) is 0. The highest BCUT2D eigenvalue weighted by Crippen LogP contribution is 2.14. The first-order valence-corrected chi connectivity index (χ1v) is 6.23. The van der Waals surface area contributed by atoms with Gasteiger partial charge in [-0.15, -0.1) is 0 Å². The van der Waals surface area contributed by atoms with Crippen molar-refractivity contribution in [2.24, 2.45) is 0 Å². The van der Waals surface area contributed by atoms with Gasteiger partial charge in [0.15, 0.2) is 0 Å². The normalized spacial score (nSPS) is 9.80. The fraction of sp³-hybridized carbons (Fsp3) is 0.125. The highest BCUT2D eigenvalue weighted by Gasteiger charge is 2.09. The molecule has 0 fully saturated rings. The number of benzene rings is 2. The molecule has 3 N–H and O–H groups in total. The maximum atomic E-state index is 12.1. The number of nitrogen functional groups attached to an aromatic ring is 1. The minimum atomic E-state index is -0.214. The van der Waals surface area contributed by atoms with Gasteiger partial charge in [-0.25, -0.2) is 0 Å². The van der Waals surface area contributed by atoms with Crippen molar-refractivity contribution >= 4 is 11.6 Å². The fourth-order valence-corrected chi connectivity index (χ4v) is 1.90. The number of carbonyl (C=O) groups excluding carboxylic acids is 1. The molecule has 0 radical (unpaired) electrons. The average molecular weight is 265 g/mol. The van der Waals surface area contributed by atoms with Crippen LogP contribution in [0.2, 0.25) is 0 Å². The average Bonchev–Trinajstić information content (AvgIpc) is 2.47. The van der Waals surface area contributed by atoms with E-state index in [4.69, 9.17) is 11.0 Å². The van der Waals surface area contributed by atoms with Crippen molar-refractivity contribution < 1.29 is 4.79 Å². The van der Waals surface area contributed by atoms with Crippen molar-refractivity contribution in [2.45, 2.75) is 13.5 Å².